The van der Waals surface area contributed by atoms with Gasteiger partial charge in [-0.1, -0.05) is 30.3 Å². The van der Waals surface area contributed by atoms with Crippen molar-refractivity contribution in [3.63, 3.8) is 0 Å². The van der Waals surface area contributed by atoms with Crippen LogP contribution >= 0.6 is 0 Å². The molecule has 0 radical (unpaired) electrons. The maximum Gasteiger partial charge on any atom is 0.338 e. The van der Waals surface area contributed by atoms with Crippen LogP contribution in [0.25, 0.3) is 22.9 Å². The lowest BCUT2D eigenvalue weighted by Gasteiger charge is -2.26. The summed E-state index contributed by atoms with van der Waals surface area (Å²) in [5.41, 5.74) is 2.55. The summed E-state index contributed by atoms with van der Waals surface area (Å²) in [5, 5.41) is 8.16. The van der Waals surface area contributed by atoms with Crippen LogP contribution in [-0.2, 0) is 26.1 Å². The SMILES string of the molecule is O=C(OCc1ccc(S(=O)(=O)N2CCOCC2)cc1)c1ccc(-c2nnc(-c3ccccc3)o2)cc1. The van der Waals surface area contributed by atoms with Crippen LogP contribution in [0.4, 0.5) is 0 Å². The van der Waals surface area contributed by atoms with Crippen LogP contribution in [0.5, 0.6) is 0 Å². The van der Waals surface area contributed by atoms with Crippen LogP contribution in [-0.4, -0.2) is 55.2 Å². The van der Waals surface area contributed by atoms with Crippen LogP contribution in [0.1, 0.15) is 15.9 Å². The molecule has 0 bridgehead atoms. The smallest absolute Gasteiger partial charge is 0.338 e. The highest BCUT2D eigenvalue weighted by molar-refractivity contribution is 7.89. The number of rotatable bonds is 7. The molecule has 0 unspecified atom stereocenters. The number of hydrogen-bond donors (Lipinski definition) is 0. The molecule has 0 saturated carbocycles. The molecule has 0 atom stereocenters. The first-order chi connectivity index (χ1) is 17.5. The first kappa shape index (κ1) is 23.9. The van der Waals surface area contributed by atoms with E-state index in [1.165, 1.54) is 16.4 Å². The summed E-state index contributed by atoms with van der Waals surface area (Å²) in [6.07, 6.45) is 0. The van der Waals surface area contributed by atoms with Gasteiger partial charge in [0.15, 0.2) is 0 Å². The minimum atomic E-state index is -3.57. The average molecular weight is 506 g/mol. The number of aromatic nitrogens is 2. The maximum absolute atomic E-state index is 12.7. The molecule has 0 spiro atoms. The number of sulfonamides is 1. The molecule has 0 N–H and O–H groups in total. The van der Waals surface area contributed by atoms with Gasteiger partial charge in [0.2, 0.25) is 21.8 Å². The third-order valence-corrected chi connectivity index (χ3v) is 7.63. The summed E-state index contributed by atoms with van der Waals surface area (Å²) < 4.78 is 43.2. The Balaban J connectivity index is 1.19. The van der Waals surface area contributed by atoms with E-state index in [1.54, 1.807) is 36.4 Å². The Bertz CT molecular complexity index is 1430. The van der Waals surface area contributed by atoms with E-state index < -0.39 is 16.0 Å². The molecule has 1 fully saturated rings. The maximum atomic E-state index is 12.7. The molecule has 36 heavy (non-hydrogen) atoms. The van der Waals surface area contributed by atoms with E-state index in [0.29, 0.717) is 54.8 Å². The molecule has 1 aliphatic rings. The Morgan fingerprint density at radius 3 is 2.08 bits per heavy atom. The monoisotopic (exact) mass is 505 g/mol. The predicted molar refractivity (Wildman–Crippen MR) is 130 cm³/mol. The minimum Gasteiger partial charge on any atom is -0.457 e. The zero-order chi connectivity index (χ0) is 25.0. The van der Waals surface area contributed by atoms with Gasteiger partial charge < -0.3 is 13.9 Å². The van der Waals surface area contributed by atoms with Crippen LogP contribution in [0.15, 0.2) is 88.2 Å². The minimum absolute atomic E-state index is 0.0164. The number of hydrogen-bond acceptors (Lipinski definition) is 8. The number of carbonyl (C=O) groups excluding carboxylic acids is 1. The Morgan fingerprint density at radius 1 is 0.833 bits per heavy atom. The quantitative estimate of drug-likeness (QED) is 0.349. The molecule has 0 aliphatic carbocycles. The standard InChI is InChI=1S/C26H23N3O6S/c30-26(34-18-19-6-12-23(13-7-19)36(31,32)29-14-16-33-17-15-29)22-10-8-21(9-11-22)25-28-27-24(35-25)20-4-2-1-3-5-20/h1-13H,14-18H2. The van der Waals surface area contributed by atoms with E-state index in [4.69, 9.17) is 13.9 Å². The van der Waals surface area contributed by atoms with Crippen molar-refractivity contribution in [3.05, 3.63) is 90.0 Å². The number of esters is 1. The molecule has 4 aromatic rings. The van der Waals surface area contributed by atoms with E-state index >= 15 is 0 Å². The van der Waals surface area contributed by atoms with Gasteiger partial charge >= 0.3 is 5.97 Å². The molecule has 2 heterocycles. The van der Waals surface area contributed by atoms with E-state index in [1.807, 2.05) is 30.3 Å². The fraction of sp³-hybridized carbons (Fsp3) is 0.192. The third-order valence-electron chi connectivity index (χ3n) is 5.71. The molecule has 9 nitrogen and oxygen atoms in total. The van der Waals surface area contributed by atoms with Crippen molar-refractivity contribution in [2.45, 2.75) is 11.5 Å². The second kappa shape index (κ2) is 10.4. The van der Waals surface area contributed by atoms with Crippen molar-refractivity contribution in [1.82, 2.24) is 14.5 Å². The van der Waals surface area contributed by atoms with Gasteiger partial charge in [-0.3, -0.25) is 0 Å². The first-order valence-electron chi connectivity index (χ1n) is 11.3. The number of ether oxygens (including phenoxy) is 2. The summed E-state index contributed by atoms with van der Waals surface area (Å²) in [4.78, 5) is 12.7. The third kappa shape index (κ3) is 5.20. The van der Waals surface area contributed by atoms with Gasteiger partial charge in [0, 0.05) is 24.2 Å². The van der Waals surface area contributed by atoms with Crippen molar-refractivity contribution in [1.29, 1.82) is 0 Å². The molecule has 5 rings (SSSR count). The Hall–Kier alpha value is -3.86. The normalized spacial score (nSPS) is 14.4. The predicted octanol–water partition coefficient (Wildman–Crippen LogP) is 3.78. The molecule has 1 saturated heterocycles. The fourth-order valence-electron chi connectivity index (χ4n) is 3.71. The molecule has 1 aliphatic heterocycles. The average Bonchev–Trinajstić information content (AvgIpc) is 3.44. The topological polar surface area (TPSA) is 112 Å². The van der Waals surface area contributed by atoms with Crippen LogP contribution in [0.2, 0.25) is 0 Å². The van der Waals surface area contributed by atoms with Gasteiger partial charge in [0.1, 0.15) is 6.61 Å². The number of nitrogens with zero attached hydrogens (tertiary/aromatic N) is 3. The van der Waals surface area contributed by atoms with Gasteiger partial charge in [-0.15, -0.1) is 10.2 Å². The van der Waals surface area contributed by atoms with Gasteiger partial charge in [-0.25, -0.2) is 13.2 Å². The molecular formula is C26H23N3O6S. The van der Waals surface area contributed by atoms with E-state index in [-0.39, 0.29) is 11.5 Å². The largest absolute Gasteiger partial charge is 0.457 e. The number of benzene rings is 3. The Kier molecular flexibility index (Phi) is 6.90. The summed E-state index contributed by atoms with van der Waals surface area (Å²) in [7, 11) is -3.57. The van der Waals surface area contributed by atoms with E-state index in [0.717, 1.165) is 5.56 Å². The van der Waals surface area contributed by atoms with Crippen LogP contribution < -0.4 is 0 Å². The van der Waals surface area contributed by atoms with Crippen molar-refractivity contribution < 1.29 is 27.1 Å². The summed E-state index contributed by atoms with van der Waals surface area (Å²) >= 11 is 0. The molecular weight excluding hydrogens is 482 g/mol. The molecule has 1 aromatic heterocycles. The lowest BCUT2D eigenvalue weighted by atomic mass is 10.1. The van der Waals surface area contributed by atoms with Gasteiger partial charge in [0.05, 0.1) is 23.7 Å². The fourth-order valence-corrected chi connectivity index (χ4v) is 5.12. The molecule has 184 valence electrons. The highest BCUT2D eigenvalue weighted by Crippen LogP contribution is 2.24. The second-order valence-electron chi connectivity index (χ2n) is 8.09. The van der Waals surface area contributed by atoms with Crippen LogP contribution in [0, 0.1) is 0 Å². The lowest BCUT2D eigenvalue weighted by molar-refractivity contribution is 0.0472. The highest BCUT2D eigenvalue weighted by Gasteiger charge is 2.26. The van der Waals surface area contributed by atoms with Crippen molar-refractivity contribution >= 4 is 16.0 Å². The number of carbonyl (C=O) groups is 1. The highest BCUT2D eigenvalue weighted by atomic mass is 32.2. The van der Waals surface area contributed by atoms with Crippen molar-refractivity contribution in [2.24, 2.45) is 0 Å². The molecule has 10 heteroatoms. The van der Waals surface area contributed by atoms with Gasteiger partial charge in [-0.2, -0.15) is 4.31 Å². The zero-order valence-corrected chi connectivity index (χ0v) is 20.1. The van der Waals surface area contributed by atoms with Gasteiger partial charge in [0.25, 0.3) is 0 Å². The van der Waals surface area contributed by atoms with Crippen molar-refractivity contribution in [2.75, 3.05) is 26.3 Å². The Morgan fingerprint density at radius 2 is 1.44 bits per heavy atom. The molecule has 0 amide bonds. The van der Waals surface area contributed by atoms with E-state index in [2.05, 4.69) is 10.2 Å². The lowest BCUT2D eigenvalue weighted by Crippen LogP contribution is -2.40. The first-order valence-corrected chi connectivity index (χ1v) is 12.8. The van der Waals surface area contributed by atoms with Crippen LogP contribution in [0.3, 0.4) is 0 Å². The van der Waals surface area contributed by atoms with Gasteiger partial charge in [-0.05, 0) is 54.1 Å². The second-order valence-corrected chi connectivity index (χ2v) is 10.0. The number of morpholine rings is 1. The zero-order valence-electron chi connectivity index (χ0n) is 19.2. The van der Waals surface area contributed by atoms with Crippen molar-refractivity contribution in [3.8, 4) is 22.9 Å². The summed E-state index contributed by atoms with van der Waals surface area (Å²) in [6.45, 7) is 1.46. The molecule has 3 aromatic carbocycles. The Labute approximate surface area is 208 Å². The van der Waals surface area contributed by atoms with E-state index in [9.17, 15) is 13.2 Å². The summed E-state index contributed by atoms with van der Waals surface area (Å²) in [5.74, 6) is 0.265. The summed E-state index contributed by atoms with van der Waals surface area (Å²) in [6, 6.07) is 22.5.